The van der Waals surface area contributed by atoms with E-state index < -0.39 is 4.92 Å². The van der Waals surface area contributed by atoms with Gasteiger partial charge in [0, 0.05) is 18.5 Å². The zero-order valence-electron chi connectivity index (χ0n) is 10.9. The molecule has 0 aliphatic carbocycles. The number of rotatable bonds is 4. The van der Waals surface area contributed by atoms with Crippen LogP contribution in [0.1, 0.15) is 11.1 Å². The van der Waals surface area contributed by atoms with Gasteiger partial charge in [-0.05, 0) is 36.2 Å². The molecule has 6 heteroatoms. The van der Waals surface area contributed by atoms with Crippen molar-refractivity contribution in [3.8, 4) is 0 Å². The van der Waals surface area contributed by atoms with Crippen LogP contribution >= 0.6 is 0 Å². The van der Waals surface area contributed by atoms with Gasteiger partial charge in [0.05, 0.1) is 11.3 Å². The lowest BCUT2D eigenvalue weighted by Crippen LogP contribution is -2.15. The van der Waals surface area contributed by atoms with Gasteiger partial charge in [0.1, 0.15) is 5.69 Å². The highest BCUT2D eigenvalue weighted by atomic mass is 16.6. The van der Waals surface area contributed by atoms with Crippen molar-refractivity contribution in [3.63, 3.8) is 0 Å². The summed E-state index contributed by atoms with van der Waals surface area (Å²) in [6.07, 6.45) is 3.33. The largest absolute Gasteiger partial charge is 0.320 e. The molecule has 0 spiro atoms. The SMILES string of the molecule is Cc1ccc(NC(=O)Cc2ccncc2)c([N+](=O)[O-])c1. The van der Waals surface area contributed by atoms with E-state index in [4.69, 9.17) is 0 Å². The number of nitrogens with zero attached hydrogens (tertiary/aromatic N) is 2. The fourth-order valence-corrected chi connectivity index (χ4v) is 1.78. The zero-order valence-corrected chi connectivity index (χ0v) is 10.9. The van der Waals surface area contributed by atoms with E-state index >= 15 is 0 Å². The van der Waals surface area contributed by atoms with Crippen LogP contribution in [0, 0.1) is 17.0 Å². The van der Waals surface area contributed by atoms with Crippen molar-refractivity contribution in [2.45, 2.75) is 13.3 Å². The Bertz CT molecular complexity index is 641. The summed E-state index contributed by atoms with van der Waals surface area (Å²) >= 11 is 0. The number of hydrogen-bond acceptors (Lipinski definition) is 4. The van der Waals surface area contributed by atoms with E-state index in [-0.39, 0.29) is 23.7 Å². The van der Waals surface area contributed by atoms with Crippen molar-refractivity contribution in [1.82, 2.24) is 4.98 Å². The summed E-state index contributed by atoms with van der Waals surface area (Å²) in [5.41, 5.74) is 1.67. The molecule has 1 N–H and O–H groups in total. The fraction of sp³-hybridized carbons (Fsp3) is 0.143. The summed E-state index contributed by atoms with van der Waals surface area (Å²) in [6, 6.07) is 8.14. The number of pyridine rings is 1. The molecule has 6 nitrogen and oxygen atoms in total. The molecular weight excluding hydrogens is 258 g/mol. The highest BCUT2D eigenvalue weighted by Gasteiger charge is 2.15. The second kappa shape index (κ2) is 5.92. The van der Waals surface area contributed by atoms with Gasteiger partial charge in [-0.3, -0.25) is 19.9 Å². The van der Waals surface area contributed by atoms with Crippen LogP contribution in [0.5, 0.6) is 0 Å². The number of aromatic nitrogens is 1. The van der Waals surface area contributed by atoms with Crippen LogP contribution in [-0.2, 0) is 11.2 Å². The molecule has 1 amide bonds. The average Bonchev–Trinajstić information content (AvgIpc) is 2.41. The van der Waals surface area contributed by atoms with Crippen LogP contribution in [0.25, 0.3) is 0 Å². The van der Waals surface area contributed by atoms with E-state index in [1.54, 1.807) is 37.5 Å². The minimum atomic E-state index is -0.505. The molecule has 20 heavy (non-hydrogen) atoms. The van der Waals surface area contributed by atoms with E-state index in [0.29, 0.717) is 0 Å². The Labute approximate surface area is 115 Å². The third-order valence-electron chi connectivity index (χ3n) is 2.74. The summed E-state index contributed by atoms with van der Waals surface area (Å²) < 4.78 is 0. The van der Waals surface area contributed by atoms with Gasteiger partial charge in [0.25, 0.3) is 5.69 Å². The molecular formula is C14H13N3O3. The van der Waals surface area contributed by atoms with Gasteiger partial charge < -0.3 is 5.32 Å². The lowest BCUT2D eigenvalue weighted by molar-refractivity contribution is -0.384. The van der Waals surface area contributed by atoms with E-state index in [9.17, 15) is 14.9 Å². The standard InChI is InChI=1S/C14H13N3O3/c1-10-2-3-12(13(8-10)17(19)20)16-14(18)9-11-4-6-15-7-5-11/h2-8H,9H2,1H3,(H,16,18). The van der Waals surface area contributed by atoms with Crippen molar-refractivity contribution in [1.29, 1.82) is 0 Å². The smallest absolute Gasteiger partial charge is 0.293 e. The lowest BCUT2D eigenvalue weighted by Gasteiger charge is -2.06. The molecule has 1 heterocycles. The van der Waals surface area contributed by atoms with Crippen LogP contribution in [0.15, 0.2) is 42.7 Å². The number of carbonyl (C=O) groups is 1. The number of nitrogens with one attached hydrogen (secondary N) is 1. The summed E-state index contributed by atoms with van der Waals surface area (Å²) in [5.74, 6) is -0.303. The summed E-state index contributed by atoms with van der Waals surface area (Å²) in [6.45, 7) is 1.76. The van der Waals surface area contributed by atoms with Gasteiger partial charge in [-0.1, -0.05) is 6.07 Å². The van der Waals surface area contributed by atoms with Gasteiger partial charge in [0.2, 0.25) is 5.91 Å². The number of nitro groups is 1. The maximum atomic E-state index is 11.9. The molecule has 0 radical (unpaired) electrons. The van der Waals surface area contributed by atoms with Crippen molar-refractivity contribution in [2.24, 2.45) is 0 Å². The molecule has 0 unspecified atom stereocenters. The first-order valence-electron chi connectivity index (χ1n) is 6.00. The van der Waals surface area contributed by atoms with Crippen LogP contribution in [0.2, 0.25) is 0 Å². The van der Waals surface area contributed by atoms with E-state index in [0.717, 1.165) is 11.1 Å². The molecule has 0 saturated carbocycles. The molecule has 2 aromatic rings. The highest BCUT2D eigenvalue weighted by Crippen LogP contribution is 2.25. The lowest BCUT2D eigenvalue weighted by atomic mass is 10.1. The molecule has 0 aliphatic heterocycles. The van der Waals surface area contributed by atoms with Gasteiger partial charge in [-0.15, -0.1) is 0 Å². The fourth-order valence-electron chi connectivity index (χ4n) is 1.78. The quantitative estimate of drug-likeness (QED) is 0.683. The minimum absolute atomic E-state index is 0.104. The number of anilines is 1. The maximum absolute atomic E-state index is 11.9. The molecule has 2 rings (SSSR count). The van der Waals surface area contributed by atoms with Gasteiger partial charge in [-0.2, -0.15) is 0 Å². The van der Waals surface area contributed by atoms with Gasteiger partial charge in [-0.25, -0.2) is 0 Å². The van der Waals surface area contributed by atoms with Gasteiger partial charge >= 0.3 is 0 Å². The third-order valence-corrected chi connectivity index (χ3v) is 2.74. The van der Waals surface area contributed by atoms with Crippen molar-refractivity contribution >= 4 is 17.3 Å². The first-order chi connectivity index (χ1) is 9.56. The average molecular weight is 271 g/mol. The molecule has 1 aromatic heterocycles. The summed E-state index contributed by atoms with van der Waals surface area (Å²) in [7, 11) is 0. The first-order valence-corrected chi connectivity index (χ1v) is 6.00. The van der Waals surface area contributed by atoms with E-state index in [1.807, 2.05) is 0 Å². The topological polar surface area (TPSA) is 85.1 Å². The predicted octanol–water partition coefficient (Wildman–Crippen LogP) is 2.48. The number of hydrogen-bond donors (Lipinski definition) is 1. The number of carbonyl (C=O) groups excluding carboxylic acids is 1. The van der Waals surface area contributed by atoms with Crippen molar-refractivity contribution in [3.05, 3.63) is 64.0 Å². The number of nitro benzene ring substituents is 1. The van der Waals surface area contributed by atoms with Gasteiger partial charge in [0.15, 0.2) is 0 Å². The van der Waals surface area contributed by atoms with Crippen molar-refractivity contribution < 1.29 is 9.72 Å². The Morgan fingerprint density at radius 2 is 2.00 bits per heavy atom. The second-order valence-corrected chi connectivity index (χ2v) is 4.36. The summed E-state index contributed by atoms with van der Waals surface area (Å²) in [4.78, 5) is 26.2. The maximum Gasteiger partial charge on any atom is 0.293 e. The minimum Gasteiger partial charge on any atom is -0.320 e. The molecule has 1 aromatic carbocycles. The van der Waals surface area contributed by atoms with E-state index in [1.165, 1.54) is 12.1 Å². The first kappa shape index (κ1) is 13.7. The number of aryl methyl sites for hydroxylation is 1. The van der Waals surface area contributed by atoms with Crippen LogP contribution in [-0.4, -0.2) is 15.8 Å². The molecule has 0 bridgehead atoms. The second-order valence-electron chi connectivity index (χ2n) is 4.36. The Morgan fingerprint density at radius 1 is 1.30 bits per heavy atom. The van der Waals surface area contributed by atoms with Crippen LogP contribution in [0.4, 0.5) is 11.4 Å². The predicted molar refractivity (Wildman–Crippen MR) is 74.4 cm³/mol. The highest BCUT2D eigenvalue weighted by molar-refractivity contribution is 5.94. The van der Waals surface area contributed by atoms with Crippen LogP contribution < -0.4 is 5.32 Å². The number of amides is 1. The monoisotopic (exact) mass is 271 g/mol. The molecule has 0 fully saturated rings. The molecule has 0 saturated heterocycles. The molecule has 102 valence electrons. The number of benzene rings is 1. The summed E-state index contributed by atoms with van der Waals surface area (Å²) in [5, 5.41) is 13.5. The van der Waals surface area contributed by atoms with E-state index in [2.05, 4.69) is 10.3 Å². The molecule has 0 aliphatic rings. The Hall–Kier alpha value is -2.76. The Morgan fingerprint density at radius 3 is 2.65 bits per heavy atom. The Kier molecular flexibility index (Phi) is 4.05. The molecule has 0 atom stereocenters. The third kappa shape index (κ3) is 3.38. The Balaban J connectivity index is 2.14. The zero-order chi connectivity index (χ0) is 14.5. The van der Waals surface area contributed by atoms with Crippen molar-refractivity contribution in [2.75, 3.05) is 5.32 Å². The van der Waals surface area contributed by atoms with Crippen LogP contribution in [0.3, 0.4) is 0 Å². The normalized spacial score (nSPS) is 10.1.